The van der Waals surface area contributed by atoms with Crippen LogP contribution in [0.5, 0.6) is 5.75 Å². The van der Waals surface area contributed by atoms with Crippen molar-refractivity contribution in [2.24, 2.45) is 0 Å². The Hall–Kier alpha value is -3.05. The molecule has 0 unspecified atom stereocenters. The van der Waals surface area contributed by atoms with Crippen LogP contribution in [-0.4, -0.2) is 24.5 Å². The summed E-state index contributed by atoms with van der Waals surface area (Å²) in [6.45, 7) is 4.99. The molecule has 0 radical (unpaired) electrons. The molecule has 5 nitrogen and oxygen atoms in total. The topological polar surface area (TPSA) is 54.7 Å². The fourth-order valence-corrected chi connectivity index (χ4v) is 3.47. The summed E-state index contributed by atoms with van der Waals surface area (Å²) in [6, 6.07) is 22.1. The first-order valence-corrected chi connectivity index (χ1v) is 10.9. The molecule has 164 valence electrons. The molecule has 1 heterocycles. The van der Waals surface area contributed by atoms with Crippen LogP contribution in [0.4, 0.5) is 0 Å². The summed E-state index contributed by atoms with van der Waals surface area (Å²) in [4.78, 5) is 14.6. The van der Waals surface area contributed by atoms with Gasteiger partial charge in [-0.25, -0.2) is 0 Å². The summed E-state index contributed by atoms with van der Waals surface area (Å²) >= 11 is 0. The molecule has 31 heavy (non-hydrogen) atoms. The van der Waals surface area contributed by atoms with Crippen molar-refractivity contribution in [3.8, 4) is 5.75 Å². The molecule has 0 fully saturated rings. The average Bonchev–Trinajstić information content (AvgIpc) is 3.26. The molecule has 2 aromatic carbocycles. The van der Waals surface area contributed by atoms with Gasteiger partial charge in [0.1, 0.15) is 11.5 Å². The molecule has 3 rings (SSSR count). The van der Waals surface area contributed by atoms with Gasteiger partial charge in [0, 0.05) is 19.6 Å². The summed E-state index contributed by atoms with van der Waals surface area (Å²) in [5.41, 5.74) is 2.42. The van der Waals surface area contributed by atoms with Crippen LogP contribution in [0.15, 0.2) is 71.1 Å². The van der Waals surface area contributed by atoms with Crippen LogP contribution in [0.25, 0.3) is 0 Å². The highest BCUT2D eigenvalue weighted by atomic mass is 16.5. The molecular formula is C26H32N2O3. The minimum atomic E-state index is -0.146. The number of amides is 1. The van der Waals surface area contributed by atoms with Crippen molar-refractivity contribution in [2.75, 3.05) is 13.7 Å². The Labute approximate surface area is 185 Å². The van der Waals surface area contributed by atoms with Gasteiger partial charge in [0.25, 0.3) is 5.91 Å². The molecule has 0 aliphatic heterocycles. The number of ether oxygens (including phenoxy) is 1. The Balaban J connectivity index is 1.66. The molecule has 0 atom stereocenters. The van der Waals surface area contributed by atoms with Gasteiger partial charge >= 0.3 is 0 Å². The van der Waals surface area contributed by atoms with Crippen molar-refractivity contribution < 1.29 is 13.9 Å². The molecule has 3 aromatic rings. The van der Waals surface area contributed by atoms with Gasteiger partial charge in [-0.05, 0) is 41.8 Å². The number of hydrogen-bond donors (Lipinski definition) is 1. The van der Waals surface area contributed by atoms with Crippen LogP contribution in [0.3, 0.4) is 0 Å². The zero-order valence-electron chi connectivity index (χ0n) is 18.5. The molecule has 1 amide bonds. The van der Waals surface area contributed by atoms with Crippen LogP contribution in [0.1, 0.15) is 53.6 Å². The monoisotopic (exact) mass is 420 g/mol. The Morgan fingerprint density at radius 3 is 2.29 bits per heavy atom. The Bertz CT molecular complexity index is 919. The van der Waals surface area contributed by atoms with Crippen molar-refractivity contribution in [1.29, 1.82) is 0 Å². The first-order chi connectivity index (χ1) is 15.2. The third-order valence-corrected chi connectivity index (χ3v) is 5.15. The second-order valence-corrected chi connectivity index (χ2v) is 7.71. The fraction of sp³-hybridized carbons (Fsp3) is 0.346. The number of furan rings is 1. The zero-order chi connectivity index (χ0) is 21.9. The van der Waals surface area contributed by atoms with Crippen LogP contribution in [0.2, 0.25) is 0 Å². The van der Waals surface area contributed by atoms with Gasteiger partial charge in [0.2, 0.25) is 0 Å². The average molecular weight is 421 g/mol. The molecule has 0 saturated carbocycles. The minimum absolute atomic E-state index is 0.146. The lowest BCUT2D eigenvalue weighted by Gasteiger charge is -2.21. The van der Waals surface area contributed by atoms with Crippen molar-refractivity contribution in [3.05, 3.63) is 89.4 Å². The Kier molecular flexibility index (Phi) is 8.73. The highest BCUT2D eigenvalue weighted by molar-refractivity contribution is 5.91. The number of benzene rings is 2. The summed E-state index contributed by atoms with van der Waals surface area (Å²) in [7, 11) is 1.67. The maximum absolute atomic E-state index is 12.3. The maximum atomic E-state index is 12.3. The number of unbranched alkanes of at least 4 members (excludes halogenated alkanes) is 2. The second kappa shape index (κ2) is 12.0. The smallest absolute Gasteiger partial charge is 0.286 e. The lowest BCUT2D eigenvalue weighted by atomic mass is 10.1. The number of methoxy groups -OCH3 is 1. The van der Waals surface area contributed by atoms with E-state index in [4.69, 9.17) is 9.15 Å². The van der Waals surface area contributed by atoms with Gasteiger partial charge < -0.3 is 14.5 Å². The van der Waals surface area contributed by atoms with E-state index in [-0.39, 0.29) is 5.91 Å². The number of carbonyl (C=O) groups is 1. The molecule has 5 heteroatoms. The third kappa shape index (κ3) is 7.30. The SMILES string of the molecule is CCCCCNC(=O)c1ccc(CN(Cc2ccccc2)Cc2ccc(OC)cc2)o1. The van der Waals surface area contributed by atoms with Crippen LogP contribution in [-0.2, 0) is 19.6 Å². The largest absolute Gasteiger partial charge is 0.497 e. The van der Waals surface area contributed by atoms with Gasteiger partial charge in [-0.2, -0.15) is 0 Å². The number of nitrogens with zero attached hydrogens (tertiary/aromatic N) is 1. The van der Waals surface area contributed by atoms with Crippen LogP contribution < -0.4 is 10.1 Å². The molecule has 0 aliphatic rings. The quantitative estimate of drug-likeness (QED) is 0.398. The van der Waals surface area contributed by atoms with Crippen molar-refractivity contribution >= 4 is 5.91 Å². The lowest BCUT2D eigenvalue weighted by molar-refractivity contribution is 0.0920. The zero-order valence-corrected chi connectivity index (χ0v) is 18.5. The van der Waals surface area contributed by atoms with E-state index in [0.717, 1.165) is 43.9 Å². The maximum Gasteiger partial charge on any atom is 0.286 e. The standard InChI is InChI=1S/C26H32N2O3/c1-3-4-8-17-27-26(29)25-16-15-24(31-25)20-28(18-21-9-6-5-7-10-21)19-22-11-13-23(30-2)14-12-22/h5-7,9-16H,3-4,8,17-20H2,1-2H3,(H,27,29). The van der Waals surface area contributed by atoms with E-state index >= 15 is 0 Å². The van der Waals surface area contributed by atoms with E-state index in [1.807, 2.05) is 24.3 Å². The van der Waals surface area contributed by atoms with E-state index in [9.17, 15) is 4.79 Å². The molecular weight excluding hydrogens is 388 g/mol. The summed E-state index contributed by atoms with van der Waals surface area (Å²) < 4.78 is 11.1. The van der Waals surface area contributed by atoms with E-state index in [1.165, 1.54) is 11.1 Å². The third-order valence-electron chi connectivity index (χ3n) is 5.15. The summed E-state index contributed by atoms with van der Waals surface area (Å²) in [6.07, 6.45) is 3.23. The molecule has 0 spiro atoms. The first-order valence-electron chi connectivity index (χ1n) is 10.9. The van der Waals surface area contributed by atoms with Gasteiger partial charge in [0.15, 0.2) is 5.76 Å². The van der Waals surface area contributed by atoms with Gasteiger partial charge in [-0.15, -0.1) is 0 Å². The first kappa shape index (κ1) is 22.6. The fourth-order valence-electron chi connectivity index (χ4n) is 3.47. The normalized spacial score (nSPS) is 10.9. The van der Waals surface area contributed by atoms with Gasteiger partial charge in [-0.3, -0.25) is 9.69 Å². The number of rotatable bonds is 12. The molecule has 1 N–H and O–H groups in total. The Morgan fingerprint density at radius 1 is 0.903 bits per heavy atom. The predicted octanol–water partition coefficient (Wildman–Crippen LogP) is 5.41. The summed E-state index contributed by atoms with van der Waals surface area (Å²) in [5, 5.41) is 2.93. The molecule has 0 saturated heterocycles. The van der Waals surface area contributed by atoms with Crippen LogP contribution in [0, 0.1) is 0 Å². The van der Waals surface area contributed by atoms with E-state index < -0.39 is 0 Å². The Morgan fingerprint density at radius 2 is 1.61 bits per heavy atom. The van der Waals surface area contributed by atoms with Crippen molar-refractivity contribution in [1.82, 2.24) is 10.2 Å². The molecule has 0 aliphatic carbocycles. The van der Waals surface area contributed by atoms with Gasteiger partial charge in [-0.1, -0.05) is 62.2 Å². The van der Waals surface area contributed by atoms with E-state index in [0.29, 0.717) is 18.8 Å². The number of hydrogen-bond acceptors (Lipinski definition) is 4. The highest BCUT2D eigenvalue weighted by Gasteiger charge is 2.14. The van der Waals surface area contributed by atoms with Crippen molar-refractivity contribution in [3.63, 3.8) is 0 Å². The minimum Gasteiger partial charge on any atom is -0.497 e. The molecule has 0 bridgehead atoms. The van der Waals surface area contributed by atoms with Crippen molar-refractivity contribution in [2.45, 2.75) is 45.8 Å². The number of nitrogens with one attached hydrogen (secondary N) is 1. The second-order valence-electron chi connectivity index (χ2n) is 7.71. The highest BCUT2D eigenvalue weighted by Crippen LogP contribution is 2.18. The predicted molar refractivity (Wildman–Crippen MR) is 123 cm³/mol. The van der Waals surface area contributed by atoms with Gasteiger partial charge in [0.05, 0.1) is 13.7 Å². The molecule has 1 aromatic heterocycles. The van der Waals surface area contributed by atoms with E-state index in [2.05, 4.69) is 53.5 Å². The van der Waals surface area contributed by atoms with Crippen LogP contribution >= 0.6 is 0 Å². The summed E-state index contributed by atoms with van der Waals surface area (Å²) in [5.74, 6) is 1.85. The van der Waals surface area contributed by atoms with E-state index in [1.54, 1.807) is 13.2 Å². The number of carbonyl (C=O) groups excluding carboxylic acids is 1. The lowest BCUT2D eigenvalue weighted by Crippen LogP contribution is -2.24.